The summed E-state index contributed by atoms with van der Waals surface area (Å²) < 4.78 is 17.7. The van der Waals surface area contributed by atoms with Crippen LogP contribution in [0.1, 0.15) is 23.2 Å². The maximum absolute atomic E-state index is 12.8. The monoisotopic (exact) mass is 416 g/mol. The van der Waals surface area contributed by atoms with Gasteiger partial charge in [-0.25, -0.2) is 4.98 Å². The smallest absolute Gasteiger partial charge is 0.274 e. The Balaban J connectivity index is 1.22. The van der Waals surface area contributed by atoms with Crippen molar-refractivity contribution in [2.75, 3.05) is 19.9 Å². The highest BCUT2D eigenvalue weighted by atomic mass is 35.5. The summed E-state index contributed by atoms with van der Waals surface area (Å²) in [5.41, 5.74) is 1.39. The Morgan fingerprint density at radius 2 is 2.00 bits per heavy atom. The number of halogens is 1. The Hall–Kier alpha value is -2.51. The standard InChI is InChI=1S/C20H17ClN2O4S/c21-14-2-1-3-17-18(14)22-20(28-17)27-13-6-8-23(9-7-13)19(24)12-4-5-15-16(10-12)26-11-25-15/h1-5,10,13H,6-9,11H2. The molecule has 1 saturated heterocycles. The quantitative estimate of drug-likeness (QED) is 0.634. The lowest BCUT2D eigenvalue weighted by molar-refractivity contribution is 0.0595. The van der Waals surface area contributed by atoms with E-state index in [-0.39, 0.29) is 18.8 Å². The van der Waals surface area contributed by atoms with Gasteiger partial charge in [-0.15, -0.1) is 0 Å². The Kier molecular flexibility index (Phi) is 4.49. The van der Waals surface area contributed by atoms with Crippen LogP contribution in [0.3, 0.4) is 0 Å². The second-order valence-corrected chi connectivity index (χ2v) is 8.14. The van der Waals surface area contributed by atoms with Gasteiger partial charge >= 0.3 is 0 Å². The molecule has 0 N–H and O–H groups in total. The number of rotatable bonds is 3. The molecule has 3 aromatic rings. The van der Waals surface area contributed by atoms with E-state index < -0.39 is 0 Å². The maximum Gasteiger partial charge on any atom is 0.274 e. The first-order chi connectivity index (χ1) is 13.7. The molecule has 1 aromatic heterocycles. The van der Waals surface area contributed by atoms with Crippen molar-refractivity contribution in [3.05, 3.63) is 47.0 Å². The average molecular weight is 417 g/mol. The van der Waals surface area contributed by atoms with E-state index in [0.717, 1.165) is 23.1 Å². The van der Waals surface area contributed by atoms with E-state index in [2.05, 4.69) is 4.98 Å². The number of fused-ring (bicyclic) bond motifs is 2. The van der Waals surface area contributed by atoms with Gasteiger partial charge in [0.2, 0.25) is 6.79 Å². The van der Waals surface area contributed by atoms with Gasteiger partial charge in [0.25, 0.3) is 11.1 Å². The van der Waals surface area contributed by atoms with E-state index in [1.165, 1.54) is 11.3 Å². The summed E-state index contributed by atoms with van der Waals surface area (Å²) in [6.07, 6.45) is 1.57. The van der Waals surface area contributed by atoms with Crippen LogP contribution in [0.15, 0.2) is 36.4 Å². The number of ether oxygens (including phenoxy) is 3. The Labute approximate surface area is 170 Å². The second-order valence-electron chi connectivity index (χ2n) is 6.74. The van der Waals surface area contributed by atoms with Gasteiger partial charge in [-0.3, -0.25) is 4.79 Å². The molecule has 5 rings (SSSR count). The molecular formula is C20H17ClN2O4S. The normalized spacial score (nSPS) is 16.5. The lowest BCUT2D eigenvalue weighted by atomic mass is 10.1. The molecule has 0 atom stereocenters. The lowest BCUT2D eigenvalue weighted by Crippen LogP contribution is -2.41. The van der Waals surface area contributed by atoms with Crippen LogP contribution in [0, 0.1) is 0 Å². The van der Waals surface area contributed by atoms with Gasteiger partial charge in [-0.1, -0.05) is 29.0 Å². The molecule has 0 unspecified atom stereocenters. The molecule has 3 heterocycles. The summed E-state index contributed by atoms with van der Waals surface area (Å²) in [7, 11) is 0. The number of carbonyl (C=O) groups is 1. The van der Waals surface area contributed by atoms with Crippen molar-refractivity contribution in [3.63, 3.8) is 0 Å². The van der Waals surface area contributed by atoms with Crippen LogP contribution in [0.5, 0.6) is 16.7 Å². The minimum Gasteiger partial charge on any atom is -0.467 e. The number of hydrogen-bond donors (Lipinski definition) is 0. The van der Waals surface area contributed by atoms with Gasteiger partial charge in [0.1, 0.15) is 11.6 Å². The predicted octanol–water partition coefficient (Wildman–Crippen LogP) is 4.36. The second kappa shape index (κ2) is 7.14. The lowest BCUT2D eigenvalue weighted by Gasteiger charge is -2.31. The summed E-state index contributed by atoms with van der Waals surface area (Å²) in [6.45, 7) is 1.49. The van der Waals surface area contributed by atoms with E-state index >= 15 is 0 Å². The Bertz CT molecular complexity index is 1050. The molecule has 1 fully saturated rings. The van der Waals surface area contributed by atoms with Crippen molar-refractivity contribution < 1.29 is 19.0 Å². The minimum atomic E-state index is 0.00326. The SMILES string of the molecule is O=C(c1ccc2c(c1)OCO2)N1CCC(Oc2nc3c(Cl)cccc3s2)CC1. The summed E-state index contributed by atoms with van der Waals surface area (Å²) in [4.78, 5) is 19.1. The van der Waals surface area contributed by atoms with Crippen molar-refractivity contribution >= 4 is 39.1 Å². The van der Waals surface area contributed by atoms with E-state index in [0.29, 0.717) is 40.4 Å². The fourth-order valence-electron chi connectivity index (χ4n) is 3.48. The molecule has 0 bridgehead atoms. The van der Waals surface area contributed by atoms with E-state index in [1.807, 2.05) is 23.1 Å². The number of amides is 1. The summed E-state index contributed by atoms with van der Waals surface area (Å²) in [5.74, 6) is 1.31. The largest absolute Gasteiger partial charge is 0.467 e. The van der Waals surface area contributed by atoms with Gasteiger partial charge in [-0.2, -0.15) is 0 Å². The number of piperidine rings is 1. The van der Waals surface area contributed by atoms with Crippen molar-refractivity contribution in [2.45, 2.75) is 18.9 Å². The number of thiazole rings is 1. The highest BCUT2D eigenvalue weighted by molar-refractivity contribution is 7.20. The fourth-order valence-corrected chi connectivity index (χ4v) is 4.66. The maximum atomic E-state index is 12.8. The first-order valence-corrected chi connectivity index (χ1v) is 10.3. The number of aromatic nitrogens is 1. The number of hydrogen-bond acceptors (Lipinski definition) is 6. The van der Waals surface area contributed by atoms with E-state index in [4.69, 9.17) is 25.8 Å². The zero-order valence-corrected chi connectivity index (χ0v) is 16.5. The van der Waals surface area contributed by atoms with Crippen LogP contribution < -0.4 is 14.2 Å². The Morgan fingerprint density at radius 1 is 1.18 bits per heavy atom. The molecule has 2 aromatic carbocycles. The molecular weight excluding hydrogens is 400 g/mol. The molecule has 0 saturated carbocycles. The first kappa shape index (κ1) is 17.6. The third-order valence-electron chi connectivity index (χ3n) is 4.97. The van der Waals surface area contributed by atoms with Crippen LogP contribution >= 0.6 is 22.9 Å². The molecule has 0 radical (unpaired) electrons. The van der Waals surface area contributed by atoms with Crippen molar-refractivity contribution in [3.8, 4) is 16.7 Å². The molecule has 2 aliphatic rings. The molecule has 144 valence electrons. The highest BCUT2D eigenvalue weighted by Gasteiger charge is 2.26. The molecule has 8 heteroatoms. The number of nitrogens with zero attached hydrogens (tertiary/aromatic N) is 2. The fraction of sp³-hybridized carbons (Fsp3) is 0.300. The number of carbonyl (C=O) groups excluding carboxylic acids is 1. The highest BCUT2D eigenvalue weighted by Crippen LogP contribution is 2.34. The van der Waals surface area contributed by atoms with Gasteiger partial charge in [-0.05, 0) is 30.3 Å². The molecule has 0 spiro atoms. The van der Waals surface area contributed by atoms with E-state index in [9.17, 15) is 4.79 Å². The zero-order chi connectivity index (χ0) is 19.1. The van der Waals surface area contributed by atoms with Crippen molar-refractivity contribution in [1.29, 1.82) is 0 Å². The zero-order valence-electron chi connectivity index (χ0n) is 14.9. The van der Waals surface area contributed by atoms with E-state index in [1.54, 1.807) is 18.2 Å². The minimum absolute atomic E-state index is 0.00326. The van der Waals surface area contributed by atoms with Gasteiger partial charge in [0, 0.05) is 31.5 Å². The van der Waals surface area contributed by atoms with Crippen molar-refractivity contribution in [1.82, 2.24) is 9.88 Å². The summed E-state index contributed by atoms with van der Waals surface area (Å²) in [6, 6.07) is 11.0. The predicted molar refractivity (Wildman–Crippen MR) is 107 cm³/mol. The molecule has 2 aliphatic heterocycles. The molecule has 28 heavy (non-hydrogen) atoms. The van der Waals surface area contributed by atoms with Gasteiger partial charge < -0.3 is 19.1 Å². The topological polar surface area (TPSA) is 60.9 Å². The van der Waals surface area contributed by atoms with Crippen LogP contribution in [0.2, 0.25) is 5.02 Å². The third-order valence-corrected chi connectivity index (χ3v) is 6.18. The van der Waals surface area contributed by atoms with Crippen LogP contribution in [0.4, 0.5) is 0 Å². The van der Waals surface area contributed by atoms with Crippen LogP contribution in [0.25, 0.3) is 10.2 Å². The molecule has 1 amide bonds. The number of benzene rings is 2. The van der Waals surface area contributed by atoms with Crippen LogP contribution in [-0.2, 0) is 0 Å². The van der Waals surface area contributed by atoms with Gasteiger partial charge in [0.05, 0.1) is 9.72 Å². The average Bonchev–Trinajstić information content (AvgIpc) is 3.34. The first-order valence-electron chi connectivity index (χ1n) is 9.08. The number of likely N-dealkylation sites (tertiary alicyclic amines) is 1. The third kappa shape index (κ3) is 3.25. The summed E-state index contributed by atoms with van der Waals surface area (Å²) in [5, 5.41) is 1.26. The van der Waals surface area contributed by atoms with Crippen LogP contribution in [-0.4, -0.2) is 41.8 Å². The van der Waals surface area contributed by atoms with Gasteiger partial charge in [0.15, 0.2) is 11.5 Å². The molecule has 0 aliphatic carbocycles. The van der Waals surface area contributed by atoms with Crippen molar-refractivity contribution in [2.24, 2.45) is 0 Å². The molecule has 6 nitrogen and oxygen atoms in total. The summed E-state index contributed by atoms with van der Waals surface area (Å²) >= 11 is 7.68. The Morgan fingerprint density at radius 3 is 2.82 bits per heavy atom. The number of para-hydroxylation sites is 1.